The second-order valence-electron chi connectivity index (χ2n) is 7.63. The highest BCUT2D eigenvalue weighted by Crippen LogP contribution is 2.53. The lowest BCUT2D eigenvalue weighted by atomic mass is 10.3. The summed E-state index contributed by atoms with van der Waals surface area (Å²) in [5.74, 6) is 0. The molecule has 0 N–H and O–H groups in total. The van der Waals surface area contributed by atoms with Crippen molar-refractivity contribution in [2.45, 2.75) is 13.8 Å². The first-order chi connectivity index (χ1) is 14.9. The smallest absolute Gasteiger partial charge is 0.0981 e. The van der Waals surface area contributed by atoms with Crippen LogP contribution in [0.25, 0.3) is 5.69 Å². The summed E-state index contributed by atoms with van der Waals surface area (Å²) < 4.78 is 11.0. The molecule has 3 aromatic carbocycles. The molecule has 4 nitrogen and oxygen atoms in total. The third-order valence-electron chi connectivity index (χ3n) is 5.35. The van der Waals surface area contributed by atoms with Gasteiger partial charge in [-0.1, -0.05) is 48.5 Å². The molecule has 1 heterocycles. The van der Waals surface area contributed by atoms with Crippen LogP contribution < -0.4 is 10.6 Å². The Bertz CT molecular complexity index is 1230. The Balaban J connectivity index is 2.07. The van der Waals surface area contributed by atoms with Gasteiger partial charge in [0.1, 0.15) is 0 Å². The van der Waals surface area contributed by atoms with Gasteiger partial charge >= 0.3 is 0 Å². The molecule has 0 saturated carbocycles. The van der Waals surface area contributed by atoms with E-state index in [1.165, 1.54) is 14.2 Å². The summed E-state index contributed by atoms with van der Waals surface area (Å²) in [5, 5.41) is 7.40. The molecule has 0 amide bonds. The van der Waals surface area contributed by atoms with Gasteiger partial charge in [0.15, 0.2) is 0 Å². The fourth-order valence-electron chi connectivity index (χ4n) is 3.97. The van der Waals surface area contributed by atoms with E-state index < -0.39 is 7.21 Å². The van der Waals surface area contributed by atoms with Gasteiger partial charge in [-0.25, -0.2) is 9.43 Å². The van der Waals surface area contributed by atoms with Crippen LogP contribution in [-0.2, 0) is 0 Å². The highest BCUT2D eigenvalue weighted by molar-refractivity contribution is 14.1. The molecule has 1 aromatic heterocycles. The lowest BCUT2D eigenvalue weighted by molar-refractivity contribution is 0.681. The van der Waals surface area contributed by atoms with Crippen molar-refractivity contribution in [3.05, 3.63) is 99.9 Å². The van der Waals surface area contributed by atoms with Gasteiger partial charge in [0.05, 0.1) is 35.3 Å². The van der Waals surface area contributed by atoms with E-state index in [2.05, 4.69) is 127 Å². The number of aromatic nitrogens is 2. The Morgan fingerprint density at radius 3 is 2.00 bits per heavy atom. The van der Waals surface area contributed by atoms with Crippen molar-refractivity contribution in [3.8, 4) is 5.69 Å². The van der Waals surface area contributed by atoms with Crippen molar-refractivity contribution in [2.24, 2.45) is 4.74 Å². The van der Waals surface area contributed by atoms with E-state index in [4.69, 9.17) is 9.84 Å². The van der Waals surface area contributed by atoms with Crippen LogP contribution >= 0.6 is 29.8 Å². The van der Waals surface area contributed by atoms with E-state index in [0.29, 0.717) is 0 Å². The number of halogens is 1. The van der Waals surface area contributed by atoms with Gasteiger partial charge in [-0.2, -0.15) is 5.10 Å². The zero-order chi connectivity index (χ0) is 22.0. The van der Waals surface area contributed by atoms with E-state index in [0.717, 1.165) is 22.8 Å². The van der Waals surface area contributed by atoms with Crippen LogP contribution in [0.4, 0.5) is 5.69 Å². The topological polar surface area (TPSA) is 33.4 Å². The second-order valence-corrected chi connectivity index (χ2v) is 12.0. The van der Waals surface area contributed by atoms with Crippen LogP contribution in [0.1, 0.15) is 11.4 Å². The summed E-state index contributed by atoms with van der Waals surface area (Å²) in [7, 11) is 1.96. The predicted octanol–water partition coefficient (Wildman–Crippen LogP) is 6.05. The molecule has 6 heteroatoms. The number of benzene rings is 3. The zero-order valence-electron chi connectivity index (χ0n) is 18.2. The van der Waals surface area contributed by atoms with Crippen LogP contribution in [0, 0.1) is 17.4 Å². The molecule has 0 aliphatic rings. The first-order valence-electron chi connectivity index (χ1n) is 10.2. The van der Waals surface area contributed by atoms with Crippen molar-refractivity contribution in [2.75, 3.05) is 14.1 Å². The molecule has 4 rings (SSSR count). The fraction of sp³-hybridized carbons (Fsp3) is 0.160. The molecule has 0 saturated heterocycles. The van der Waals surface area contributed by atoms with Crippen molar-refractivity contribution < 1.29 is 0 Å². The maximum atomic E-state index is 5.48. The van der Waals surface area contributed by atoms with Crippen LogP contribution in [-0.4, -0.2) is 28.5 Å². The van der Waals surface area contributed by atoms with E-state index in [-0.39, 0.29) is 0 Å². The third-order valence-corrected chi connectivity index (χ3v) is 10.0. The molecule has 0 aliphatic carbocycles. The lowest BCUT2D eigenvalue weighted by Gasteiger charge is -2.32. The molecule has 4 aromatic rings. The van der Waals surface area contributed by atoms with Crippen molar-refractivity contribution in [3.63, 3.8) is 0 Å². The molecule has 0 unspecified atom stereocenters. The molecule has 158 valence electrons. The van der Waals surface area contributed by atoms with Crippen LogP contribution in [0.5, 0.6) is 0 Å². The second kappa shape index (κ2) is 9.11. The first-order valence-corrected chi connectivity index (χ1v) is 12.9. The highest BCUT2D eigenvalue weighted by Gasteiger charge is 2.34. The molecule has 0 spiro atoms. The first kappa shape index (κ1) is 22.0. The van der Waals surface area contributed by atoms with Crippen LogP contribution in [0.15, 0.2) is 89.7 Å². The number of rotatable bonds is 5. The summed E-state index contributed by atoms with van der Waals surface area (Å²) >= 11 is 2.33. The Morgan fingerprint density at radius 1 is 0.839 bits per heavy atom. The molecule has 31 heavy (non-hydrogen) atoms. The summed E-state index contributed by atoms with van der Waals surface area (Å²) in [6, 6.07) is 29.4. The van der Waals surface area contributed by atoms with E-state index in [1.54, 1.807) is 0 Å². The summed E-state index contributed by atoms with van der Waals surface area (Å²) in [6.07, 6.45) is 0. The minimum Gasteiger partial charge on any atom is -0.268 e. The minimum atomic E-state index is -2.31. The van der Waals surface area contributed by atoms with E-state index >= 15 is 0 Å². The quantitative estimate of drug-likeness (QED) is 0.228. The normalized spacial score (nSPS) is 13.2. The van der Waals surface area contributed by atoms with Gasteiger partial charge in [0, 0.05) is 8.87 Å². The summed E-state index contributed by atoms with van der Waals surface area (Å²) in [6.45, 7) is 4.26. The average Bonchev–Trinajstić information content (AvgIpc) is 3.09. The largest absolute Gasteiger partial charge is 0.268 e. The standard InChI is InChI=1S/C25H26IN4P/c1-19-25(20(2)30(27-19)23-11-7-5-8-12-23)31(29(3)4,24-13-9-6-10-14-24)28-22-17-15-21(26)16-18-22/h5-18H,1-4H3/t31-/m1/s1. The predicted molar refractivity (Wildman–Crippen MR) is 141 cm³/mol. The van der Waals surface area contributed by atoms with Crippen LogP contribution in [0.3, 0.4) is 0 Å². The summed E-state index contributed by atoms with van der Waals surface area (Å²) in [5.41, 5.74) is 4.19. The minimum absolute atomic E-state index is 0.984. The third kappa shape index (κ3) is 4.14. The molecular formula is C25H26IN4P. The number of nitrogens with zero attached hydrogens (tertiary/aromatic N) is 4. The van der Waals surface area contributed by atoms with Gasteiger partial charge in [-0.05, 0) is 86.9 Å². The SMILES string of the molecule is Cc1nn(-c2ccccc2)c(C)c1[P@@](=Nc1ccc(I)cc1)(c1ccccc1)N(C)C. The molecule has 0 aliphatic heterocycles. The monoisotopic (exact) mass is 540 g/mol. The van der Waals surface area contributed by atoms with Gasteiger partial charge < -0.3 is 0 Å². The zero-order valence-corrected chi connectivity index (χ0v) is 21.2. The number of hydrogen-bond donors (Lipinski definition) is 0. The van der Waals surface area contributed by atoms with Crippen molar-refractivity contribution in [1.29, 1.82) is 0 Å². The van der Waals surface area contributed by atoms with Gasteiger partial charge in [-0.3, -0.25) is 4.67 Å². The Hall–Kier alpha value is -2.21. The Labute approximate surface area is 198 Å². The molecule has 0 bridgehead atoms. The maximum absolute atomic E-state index is 5.48. The average molecular weight is 540 g/mol. The maximum Gasteiger partial charge on any atom is 0.0981 e. The van der Waals surface area contributed by atoms with Crippen molar-refractivity contribution in [1.82, 2.24) is 14.5 Å². The Morgan fingerprint density at radius 2 is 1.42 bits per heavy atom. The molecular weight excluding hydrogens is 514 g/mol. The molecule has 0 fully saturated rings. The van der Waals surface area contributed by atoms with Gasteiger partial charge in [-0.15, -0.1) is 0 Å². The number of hydrogen-bond acceptors (Lipinski definition) is 2. The van der Waals surface area contributed by atoms with E-state index in [1.807, 2.05) is 18.2 Å². The number of aryl methyl sites for hydroxylation is 1. The van der Waals surface area contributed by atoms with E-state index in [9.17, 15) is 0 Å². The highest BCUT2D eigenvalue weighted by atomic mass is 127. The van der Waals surface area contributed by atoms with Crippen LogP contribution in [0.2, 0.25) is 0 Å². The lowest BCUT2D eigenvalue weighted by Crippen LogP contribution is -2.29. The van der Waals surface area contributed by atoms with Gasteiger partial charge in [0.2, 0.25) is 0 Å². The van der Waals surface area contributed by atoms with Crippen molar-refractivity contribution >= 4 is 46.1 Å². The Kier molecular flexibility index (Phi) is 6.47. The van der Waals surface area contributed by atoms with Gasteiger partial charge in [0.25, 0.3) is 0 Å². The number of para-hydroxylation sites is 1. The molecule has 0 radical (unpaired) electrons. The fourth-order valence-corrected chi connectivity index (χ4v) is 7.95. The molecule has 1 atom stereocenters. The summed E-state index contributed by atoms with van der Waals surface area (Å²) in [4.78, 5) is 0.